The molecule has 0 atom stereocenters. The van der Waals surface area contributed by atoms with Gasteiger partial charge in [0.25, 0.3) is 0 Å². The molecule has 0 bridgehead atoms. The van der Waals surface area contributed by atoms with Crippen molar-refractivity contribution in [3.05, 3.63) is 53.0 Å². The van der Waals surface area contributed by atoms with E-state index in [1.807, 2.05) is 54.1 Å². The molecule has 23 heavy (non-hydrogen) atoms. The standard InChI is InChI=1S/C19H24N4/c1-7-17(18-9-16(20-6)11-21-14(18)5)15-8-13(4)19(22-10-15)23-12(2)3/h7-11,20H,1-6H3/b17-7-. The van der Waals surface area contributed by atoms with E-state index in [4.69, 9.17) is 0 Å². The van der Waals surface area contributed by atoms with Gasteiger partial charge in [-0.2, -0.15) is 0 Å². The molecule has 0 amide bonds. The molecule has 0 radical (unpaired) electrons. The number of pyridine rings is 2. The molecule has 0 aliphatic carbocycles. The monoisotopic (exact) mass is 308 g/mol. The SMILES string of the molecule is C/C=C(/c1cnc(N=C(C)C)c(C)c1)c1cc(NC)cnc1C. The minimum atomic E-state index is 0.781. The van der Waals surface area contributed by atoms with Gasteiger partial charge in [-0.05, 0) is 57.9 Å². The molecule has 2 rings (SSSR count). The smallest absolute Gasteiger partial charge is 0.154 e. The molecule has 0 saturated carbocycles. The van der Waals surface area contributed by atoms with Crippen LogP contribution in [0, 0.1) is 13.8 Å². The highest BCUT2D eigenvalue weighted by Crippen LogP contribution is 2.29. The molecule has 0 aliphatic rings. The van der Waals surface area contributed by atoms with Gasteiger partial charge in [0, 0.05) is 35.8 Å². The predicted octanol–water partition coefficient (Wildman–Crippen LogP) is 4.70. The molecule has 1 N–H and O–H groups in total. The topological polar surface area (TPSA) is 50.2 Å². The van der Waals surface area contributed by atoms with Crippen LogP contribution in [0.5, 0.6) is 0 Å². The van der Waals surface area contributed by atoms with Crippen LogP contribution in [-0.2, 0) is 0 Å². The van der Waals surface area contributed by atoms with E-state index in [-0.39, 0.29) is 0 Å². The summed E-state index contributed by atoms with van der Waals surface area (Å²) >= 11 is 0. The number of anilines is 1. The first-order valence-electron chi connectivity index (χ1n) is 7.76. The molecule has 2 aromatic rings. The van der Waals surface area contributed by atoms with Gasteiger partial charge >= 0.3 is 0 Å². The van der Waals surface area contributed by atoms with Crippen molar-refractivity contribution in [2.75, 3.05) is 12.4 Å². The lowest BCUT2D eigenvalue weighted by Gasteiger charge is -2.13. The normalized spacial score (nSPS) is 11.3. The van der Waals surface area contributed by atoms with Crippen molar-refractivity contribution in [2.24, 2.45) is 4.99 Å². The molecule has 0 aromatic carbocycles. The van der Waals surface area contributed by atoms with Gasteiger partial charge in [0.05, 0.1) is 11.9 Å². The van der Waals surface area contributed by atoms with Gasteiger partial charge in [-0.15, -0.1) is 0 Å². The lowest BCUT2D eigenvalue weighted by molar-refractivity contribution is 1.17. The molecular formula is C19H24N4. The van der Waals surface area contributed by atoms with Gasteiger partial charge in [0.15, 0.2) is 5.82 Å². The Hall–Kier alpha value is -2.49. The van der Waals surface area contributed by atoms with Crippen molar-refractivity contribution in [3.63, 3.8) is 0 Å². The summed E-state index contributed by atoms with van der Waals surface area (Å²) in [7, 11) is 1.90. The van der Waals surface area contributed by atoms with Crippen LogP contribution < -0.4 is 5.32 Å². The van der Waals surface area contributed by atoms with Crippen LogP contribution in [0.25, 0.3) is 5.57 Å². The molecule has 4 nitrogen and oxygen atoms in total. The predicted molar refractivity (Wildman–Crippen MR) is 98.7 cm³/mol. The van der Waals surface area contributed by atoms with Gasteiger partial charge in [0.1, 0.15) is 0 Å². The van der Waals surface area contributed by atoms with E-state index in [1.54, 1.807) is 0 Å². The summed E-state index contributed by atoms with van der Waals surface area (Å²) in [6.45, 7) is 10.1. The average Bonchev–Trinajstić information content (AvgIpc) is 2.52. The molecule has 0 spiro atoms. The number of aryl methyl sites for hydroxylation is 2. The van der Waals surface area contributed by atoms with E-state index in [9.17, 15) is 0 Å². The van der Waals surface area contributed by atoms with E-state index < -0.39 is 0 Å². The number of nitrogens with zero attached hydrogens (tertiary/aromatic N) is 3. The first-order chi connectivity index (χ1) is 11.0. The molecule has 0 aliphatic heterocycles. The van der Waals surface area contributed by atoms with Crippen molar-refractivity contribution < 1.29 is 0 Å². The summed E-state index contributed by atoms with van der Waals surface area (Å²) in [5.74, 6) is 0.781. The van der Waals surface area contributed by atoms with Crippen LogP contribution in [0.2, 0.25) is 0 Å². The number of hydrogen-bond donors (Lipinski definition) is 1. The lowest BCUT2D eigenvalue weighted by atomic mass is 9.96. The maximum atomic E-state index is 4.52. The van der Waals surface area contributed by atoms with Gasteiger partial charge in [-0.3, -0.25) is 4.98 Å². The van der Waals surface area contributed by atoms with Crippen LogP contribution in [0.15, 0.2) is 35.6 Å². The number of allylic oxidation sites excluding steroid dienone is 1. The molecule has 0 saturated heterocycles. The van der Waals surface area contributed by atoms with Crippen LogP contribution >= 0.6 is 0 Å². The van der Waals surface area contributed by atoms with Crippen LogP contribution in [0.4, 0.5) is 11.5 Å². The van der Waals surface area contributed by atoms with E-state index in [1.165, 1.54) is 0 Å². The number of aliphatic imine (C=N–C) groups is 1. The van der Waals surface area contributed by atoms with Crippen LogP contribution in [0.1, 0.15) is 43.2 Å². The minimum absolute atomic E-state index is 0.781. The maximum absolute atomic E-state index is 4.52. The number of nitrogens with one attached hydrogen (secondary N) is 1. The highest BCUT2D eigenvalue weighted by atomic mass is 14.9. The second-order valence-electron chi connectivity index (χ2n) is 5.73. The highest BCUT2D eigenvalue weighted by molar-refractivity contribution is 5.84. The Labute approximate surface area is 138 Å². The molecular weight excluding hydrogens is 284 g/mol. The van der Waals surface area contributed by atoms with E-state index in [0.29, 0.717) is 0 Å². The number of hydrogen-bond acceptors (Lipinski definition) is 4. The summed E-state index contributed by atoms with van der Waals surface area (Å²) < 4.78 is 0. The average molecular weight is 308 g/mol. The van der Waals surface area contributed by atoms with Crippen LogP contribution in [-0.4, -0.2) is 22.7 Å². The van der Waals surface area contributed by atoms with Crippen LogP contribution in [0.3, 0.4) is 0 Å². The van der Waals surface area contributed by atoms with Crippen molar-refractivity contribution in [1.29, 1.82) is 0 Å². The largest absolute Gasteiger partial charge is 0.387 e. The van der Waals surface area contributed by atoms with E-state index in [2.05, 4.69) is 38.5 Å². The van der Waals surface area contributed by atoms with Gasteiger partial charge < -0.3 is 5.32 Å². The Morgan fingerprint density at radius 1 is 1.13 bits per heavy atom. The Morgan fingerprint density at radius 2 is 1.87 bits per heavy atom. The van der Waals surface area contributed by atoms with E-state index >= 15 is 0 Å². The number of rotatable bonds is 4. The fraction of sp³-hybridized carbons (Fsp3) is 0.316. The third-order valence-corrected chi connectivity index (χ3v) is 3.65. The van der Waals surface area contributed by atoms with Crippen molar-refractivity contribution in [1.82, 2.24) is 9.97 Å². The Balaban J connectivity index is 2.51. The molecule has 2 heterocycles. The summed E-state index contributed by atoms with van der Waals surface area (Å²) in [6, 6.07) is 4.25. The van der Waals surface area contributed by atoms with Gasteiger partial charge in [-0.25, -0.2) is 9.98 Å². The maximum Gasteiger partial charge on any atom is 0.154 e. The van der Waals surface area contributed by atoms with Crippen molar-refractivity contribution >= 4 is 22.8 Å². The van der Waals surface area contributed by atoms with E-state index in [0.717, 1.165) is 45.2 Å². The quantitative estimate of drug-likeness (QED) is 0.833. The number of aromatic nitrogens is 2. The molecule has 2 aromatic heterocycles. The Bertz CT molecular complexity index is 769. The summed E-state index contributed by atoms with van der Waals surface area (Å²) in [6.07, 6.45) is 5.83. The molecule has 0 fully saturated rings. The van der Waals surface area contributed by atoms with Gasteiger partial charge in [0.2, 0.25) is 0 Å². The minimum Gasteiger partial charge on any atom is -0.387 e. The fourth-order valence-corrected chi connectivity index (χ4v) is 2.46. The lowest BCUT2D eigenvalue weighted by Crippen LogP contribution is -1.98. The second-order valence-corrected chi connectivity index (χ2v) is 5.73. The summed E-state index contributed by atoms with van der Waals surface area (Å²) in [5.41, 5.74) is 7.39. The Morgan fingerprint density at radius 3 is 2.43 bits per heavy atom. The van der Waals surface area contributed by atoms with Crippen molar-refractivity contribution in [2.45, 2.75) is 34.6 Å². The zero-order valence-corrected chi connectivity index (χ0v) is 14.7. The molecule has 0 unspecified atom stereocenters. The first kappa shape index (κ1) is 16.9. The van der Waals surface area contributed by atoms with Crippen molar-refractivity contribution in [3.8, 4) is 0 Å². The summed E-state index contributed by atoms with van der Waals surface area (Å²) in [5, 5.41) is 3.14. The third-order valence-electron chi connectivity index (χ3n) is 3.65. The van der Waals surface area contributed by atoms with Gasteiger partial charge in [-0.1, -0.05) is 6.08 Å². The third kappa shape index (κ3) is 3.83. The second kappa shape index (κ2) is 7.18. The fourth-order valence-electron chi connectivity index (χ4n) is 2.46. The first-order valence-corrected chi connectivity index (χ1v) is 7.76. The Kier molecular flexibility index (Phi) is 5.27. The highest BCUT2D eigenvalue weighted by Gasteiger charge is 2.11. The zero-order chi connectivity index (χ0) is 17.0. The molecule has 4 heteroatoms. The summed E-state index contributed by atoms with van der Waals surface area (Å²) in [4.78, 5) is 13.5. The zero-order valence-electron chi connectivity index (χ0n) is 14.7. The molecule has 120 valence electrons.